The smallest absolute Gasteiger partial charge is 0.209 e. The molecule has 0 heterocycles. The lowest BCUT2D eigenvalue weighted by molar-refractivity contribution is 0.335. The number of hydrogen-bond acceptors (Lipinski definition) is 2. The van der Waals surface area contributed by atoms with Gasteiger partial charge in [0.2, 0.25) is 18.9 Å². The molecule has 2 nitrogen and oxygen atoms in total. The van der Waals surface area contributed by atoms with Crippen molar-refractivity contribution >= 4 is 18.2 Å². The van der Waals surface area contributed by atoms with Gasteiger partial charge in [0.1, 0.15) is 17.4 Å². The van der Waals surface area contributed by atoms with Gasteiger partial charge in [-0.05, 0) is 10.9 Å². The number of ether oxygens (including phenoxy) is 2. The van der Waals surface area contributed by atoms with Gasteiger partial charge in [-0.2, -0.15) is 8.78 Å². The molecule has 9 heteroatoms. The fraction of sp³-hybridized carbons (Fsp3) is 0.143. The van der Waals surface area contributed by atoms with Crippen molar-refractivity contribution in [2.75, 3.05) is 14.2 Å². The Bertz CT molecular complexity index is 737. The van der Waals surface area contributed by atoms with Gasteiger partial charge in [0.05, 0.1) is 14.2 Å². The Morgan fingerprint density at radius 2 is 1.30 bits per heavy atom. The van der Waals surface area contributed by atoms with E-state index in [-0.39, 0.29) is 5.75 Å². The Kier molecular flexibility index (Phi) is 4.77. The molecule has 0 saturated heterocycles. The van der Waals surface area contributed by atoms with E-state index in [0.717, 1.165) is 20.3 Å². The summed E-state index contributed by atoms with van der Waals surface area (Å²) in [6, 6.07) is 1.24. The molecular weight excluding hydrogens is 325 g/mol. The molecule has 2 aromatic carbocycles. The largest absolute Gasteiger partial charge is 0.497 e. The third-order valence-electron chi connectivity index (χ3n) is 3.21. The highest BCUT2D eigenvalue weighted by Gasteiger charge is 2.28. The van der Waals surface area contributed by atoms with E-state index in [1.165, 1.54) is 0 Å². The summed E-state index contributed by atoms with van der Waals surface area (Å²) >= 11 is 0. The van der Waals surface area contributed by atoms with Crippen LogP contribution in [0.4, 0.5) is 26.3 Å². The number of rotatable bonds is 4. The van der Waals surface area contributed by atoms with Gasteiger partial charge in [-0.15, -0.1) is 0 Å². The van der Waals surface area contributed by atoms with E-state index in [1.807, 2.05) is 0 Å². The number of methoxy groups -OCH3 is 2. The van der Waals surface area contributed by atoms with Crippen molar-refractivity contribution in [3.8, 4) is 11.5 Å². The molecule has 0 unspecified atom stereocenters. The Hall–Kier alpha value is -2.32. The molecule has 0 amide bonds. The topological polar surface area (TPSA) is 18.5 Å². The lowest BCUT2D eigenvalue weighted by atomic mass is 9.62. The lowest BCUT2D eigenvalue weighted by Crippen LogP contribution is -2.37. The maximum absolute atomic E-state index is 13.9. The third-order valence-corrected chi connectivity index (χ3v) is 3.21. The van der Waals surface area contributed by atoms with E-state index in [0.29, 0.717) is 6.07 Å². The highest BCUT2D eigenvalue weighted by molar-refractivity contribution is 6.68. The lowest BCUT2D eigenvalue weighted by Gasteiger charge is -2.13. The quantitative estimate of drug-likeness (QED) is 0.483. The average molecular weight is 334 g/mol. The van der Waals surface area contributed by atoms with Crippen molar-refractivity contribution in [1.82, 2.24) is 0 Å². The van der Waals surface area contributed by atoms with E-state index < -0.39 is 58.9 Å². The maximum Gasteiger partial charge on any atom is 0.209 e. The Labute approximate surface area is 127 Å². The molecule has 23 heavy (non-hydrogen) atoms. The summed E-state index contributed by atoms with van der Waals surface area (Å²) in [6.45, 7) is 0. The molecule has 0 aliphatic rings. The van der Waals surface area contributed by atoms with Crippen LogP contribution in [0.2, 0.25) is 0 Å². The predicted molar refractivity (Wildman–Crippen MR) is 72.2 cm³/mol. The third kappa shape index (κ3) is 2.95. The molecule has 2 aromatic rings. The van der Waals surface area contributed by atoms with Gasteiger partial charge in [0.15, 0.2) is 17.4 Å². The zero-order chi connectivity index (χ0) is 17.3. The van der Waals surface area contributed by atoms with Crippen LogP contribution in [-0.2, 0) is 0 Å². The minimum atomic E-state index is -1.75. The summed E-state index contributed by atoms with van der Waals surface area (Å²) in [4.78, 5) is 0. The second-order valence-electron chi connectivity index (χ2n) is 4.51. The van der Waals surface area contributed by atoms with Gasteiger partial charge in [0.25, 0.3) is 0 Å². The molecule has 0 radical (unpaired) electrons. The molecular formula is C14H9BF6O2. The predicted octanol–water partition coefficient (Wildman–Crippen LogP) is 1.93. The van der Waals surface area contributed by atoms with Gasteiger partial charge >= 0.3 is 0 Å². The molecule has 0 aliphatic heterocycles. The van der Waals surface area contributed by atoms with Crippen LogP contribution in [0, 0.1) is 34.9 Å². The van der Waals surface area contributed by atoms with Crippen LogP contribution in [-0.4, -0.2) is 21.5 Å². The van der Waals surface area contributed by atoms with Crippen LogP contribution in [0.15, 0.2) is 12.1 Å². The van der Waals surface area contributed by atoms with Gasteiger partial charge < -0.3 is 9.47 Å². The summed E-state index contributed by atoms with van der Waals surface area (Å²) in [7, 11) is 1.03. The Morgan fingerprint density at radius 3 is 1.78 bits per heavy atom. The number of benzene rings is 2. The molecule has 122 valence electrons. The first kappa shape index (κ1) is 17.0. The van der Waals surface area contributed by atoms with E-state index in [9.17, 15) is 26.3 Å². The monoisotopic (exact) mass is 334 g/mol. The van der Waals surface area contributed by atoms with E-state index in [2.05, 4.69) is 4.74 Å². The Morgan fingerprint density at radius 1 is 0.739 bits per heavy atom. The standard InChI is InChI=1S/C14H9BF6O2/c1-22-7-4-5(16)3-6(17)8(7)15-9-10(18)12(20)14(23-2)13(21)11(9)19/h3-4,15H,1-2H3. The van der Waals surface area contributed by atoms with E-state index >= 15 is 0 Å². The zero-order valence-electron chi connectivity index (χ0n) is 11.9. The molecule has 0 spiro atoms. The first-order chi connectivity index (χ1) is 10.8. The molecule has 0 aliphatic carbocycles. The van der Waals surface area contributed by atoms with E-state index in [4.69, 9.17) is 4.74 Å². The summed E-state index contributed by atoms with van der Waals surface area (Å²) in [6.07, 6.45) is 0. The van der Waals surface area contributed by atoms with Crippen LogP contribution in [0.5, 0.6) is 11.5 Å². The van der Waals surface area contributed by atoms with Gasteiger partial charge in [0, 0.05) is 12.1 Å². The van der Waals surface area contributed by atoms with Crippen LogP contribution in [0.3, 0.4) is 0 Å². The second kappa shape index (κ2) is 6.43. The Balaban J connectivity index is 2.63. The van der Waals surface area contributed by atoms with Gasteiger partial charge in [-0.3, -0.25) is 0 Å². The first-order valence-electron chi connectivity index (χ1n) is 6.22. The van der Waals surface area contributed by atoms with E-state index in [1.54, 1.807) is 0 Å². The molecule has 0 aromatic heterocycles. The summed E-state index contributed by atoms with van der Waals surface area (Å²) < 4.78 is 91.1. The molecule has 0 saturated carbocycles. The van der Waals surface area contributed by atoms with Crippen LogP contribution in [0.25, 0.3) is 0 Å². The summed E-state index contributed by atoms with van der Waals surface area (Å²) in [5.74, 6) is -10.7. The number of hydrogen-bond donors (Lipinski definition) is 0. The van der Waals surface area contributed by atoms with Crippen molar-refractivity contribution in [3.63, 3.8) is 0 Å². The molecule has 0 N–H and O–H groups in total. The van der Waals surface area contributed by atoms with Crippen molar-refractivity contribution in [3.05, 3.63) is 47.0 Å². The first-order valence-corrected chi connectivity index (χ1v) is 6.22. The van der Waals surface area contributed by atoms with Crippen molar-refractivity contribution in [2.45, 2.75) is 0 Å². The highest BCUT2D eigenvalue weighted by Crippen LogP contribution is 2.25. The summed E-state index contributed by atoms with van der Waals surface area (Å²) in [5.41, 5.74) is -1.51. The van der Waals surface area contributed by atoms with Gasteiger partial charge in [-0.1, -0.05) is 0 Å². The normalized spacial score (nSPS) is 10.6. The van der Waals surface area contributed by atoms with Crippen LogP contribution >= 0.6 is 0 Å². The average Bonchev–Trinajstić information content (AvgIpc) is 2.51. The van der Waals surface area contributed by atoms with Crippen LogP contribution in [0.1, 0.15) is 0 Å². The summed E-state index contributed by atoms with van der Waals surface area (Å²) in [5, 5.41) is 0. The fourth-order valence-corrected chi connectivity index (χ4v) is 2.10. The minimum absolute atomic E-state index is 0.349. The fourth-order valence-electron chi connectivity index (χ4n) is 2.10. The molecule has 2 rings (SSSR count). The zero-order valence-corrected chi connectivity index (χ0v) is 11.9. The maximum atomic E-state index is 13.9. The molecule has 0 atom stereocenters. The van der Waals surface area contributed by atoms with Crippen molar-refractivity contribution in [1.29, 1.82) is 0 Å². The number of halogens is 6. The second-order valence-corrected chi connectivity index (χ2v) is 4.51. The van der Waals surface area contributed by atoms with Crippen molar-refractivity contribution in [2.24, 2.45) is 0 Å². The van der Waals surface area contributed by atoms with Crippen LogP contribution < -0.4 is 20.4 Å². The van der Waals surface area contributed by atoms with Crippen molar-refractivity contribution < 1.29 is 35.8 Å². The molecule has 0 bridgehead atoms. The minimum Gasteiger partial charge on any atom is -0.497 e. The molecule has 0 fully saturated rings. The van der Waals surface area contributed by atoms with Gasteiger partial charge in [-0.25, -0.2) is 17.6 Å². The highest BCUT2D eigenvalue weighted by atomic mass is 19.2. The SMILES string of the molecule is COc1cc(F)cc(F)c1Bc1c(F)c(F)c(OC)c(F)c1F.